The lowest BCUT2D eigenvalue weighted by molar-refractivity contribution is 0.0695. The van der Waals surface area contributed by atoms with E-state index in [1.54, 1.807) is 10.9 Å². The number of nitrogens with zero attached hydrogens (tertiary/aromatic N) is 2. The van der Waals surface area contributed by atoms with Crippen molar-refractivity contribution in [1.82, 2.24) is 15.1 Å². The second-order valence-electron chi connectivity index (χ2n) is 4.88. The highest BCUT2D eigenvalue weighted by Crippen LogP contribution is 2.10. The van der Waals surface area contributed by atoms with Gasteiger partial charge in [0, 0.05) is 19.8 Å². The predicted octanol–water partition coefficient (Wildman–Crippen LogP) is 1.62. The molecule has 0 fully saturated rings. The number of amides is 1. The molecule has 116 valence electrons. The summed E-state index contributed by atoms with van der Waals surface area (Å²) >= 11 is 0. The number of nitrogens with one attached hydrogen (secondary N) is 1. The van der Waals surface area contributed by atoms with E-state index in [1.807, 2.05) is 13.2 Å². The SMILES string of the molecule is Cn1cc(CCCNC(=O)c2ccc(C(=O)O)cc2F)cn1. The fourth-order valence-electron chi connectivity index (χ4n) is 2.02. The number of aryl methyl sites for hydroxylation is 2. The molecule has 1 aromatic carbocycles. The van der Waals surface area contributed by atoms with E-state index >= 15 is 0 Å². The van der Waals surface area contributed by atoms with Gasteiger partial charge in [-0.25, -0.2) is 9.18 Å². The fourth-order valence-corrected chi connectivity index (χ4v) is 2.02. The minimum Gasteiger partial charge on any atom is -0.478 e. The van der Waals surface area contributed by atoms with Crippen molar-refractivity contribution in [2.24, 2.45) is 7.05 Å². The molecule has 0 aliphatic heterocycles. The number of rotatable bonds is 6. The maximum absolute atomic E-state index is 13.7. The first kappa shape index (κ1) is 15.7. The van der Waals surface area contributed by atoms with Gasteiger partial charge in [-0.2, -0.15) is 5.10 Å². The van der Waals surface area contributed by atoms with Crippen LogP contribution in [0.25, 0.3) is 0 Å². The molecular formula is C15H16FN3O3. The van der Waals surface area contributed by atoms with Gasteiger partial charge in [0.05, 0.1) is 17.3 Å². The Hall–Kier alpha value is -2.70. The number of carboxylic acids is 1. The highest BCUT2D eigenvalue weighted by atomic mass is 19.1. The van der Waals surface area contributed by atoms with Crippen molar-refractivity contribution in [3.05, 3.63) is 53.1 Å². The summed E-state index contributed by atoms with van der Waals surface area (Å²) in [6, 6.07) is 3.22. The molecule has 0 saturated carbocycles. The number of carbonyl (C=O) groups is 2. The van der Waals surface area contributed by atoms with Gasteiger partial charge >= 0.3 is 5.97 Å². The van der Waals surface area contributed by atoms with E-state index in [-0.39, 0.29) is 11.1 Å². The van der Waals surface area contributed by atoms with Crippen LogP contribution in [0.4, 0.5) is 4.39 Å². The van der Waals surface area contributed by atoms with Crippen molar-refractivity contribution in [3.63, 3.8) is 0 Å². The molecule has 2 aromatic rings. The third kappa shape index (κ3) is 3.91. The van der Waals surface area contributed by atoms with E-state index in [0.29, 0.717) is 13.0 Å². The standard InChI is InChI=1S/C15H16FN3O3/c1-19-9-10(8-18-19)3-2-6-17-14(20)12-5-4-11(15(21)22)7-13(12)16/h4-5,7-9H,2-3,6H2,1H3,(H,17,20)(H,21,22). The molecule has 2 N–H and O–H groups in total. The monoisotopic (exact) mass is 305 g/mol. The largest absolute Gasteiger partial charge is 0.478 e. The third-order valence-corrected chi connectivity index (χ3v) is 3.15. The number of aromatic nitrogens is 2. The molecule has 0 aliphatic rings. The van der Waals surface area contributed by atoms with Crippen molar-refractivity contribution in [2.75, 3.05) is 6.54 Å². The normalized spacial score (nSPS) is 10.5. The van der Waals surface area contributed by atoms with Gasteiger partial charge in [0.25, 0.3) is 5.91 Å². The summed E-state index contributed by atoms with van der Waals surface area (Å²) in [6.45, 7) is 0.397. The van der Waals surface area contributed by atoms with Crippen molar-refractivity contribution in [3.8, 4) is 0 Å². The Labute approximate surface area is 126 Å². The Bertz CT molecular complexity index is 697. The Morgan fingerprint density at radius 3 is 2.77 bits per heavy atom. The van der Waals surface area contributed by atoms with Gasteiger partial charge in [0.1, 0.15) is 5.82 Å². The molecule has 7 heteroatoms. The Balaban J connectivity index is 1.85. The van der Waals surface area contributed by atoms with E-state index in [9.17, 15) is 14.0 Å². The lowest BCUT2D eigenvalue weighted by Gasteiger charge is -2.06. The molecule has 6 nitrogen and oxygen atoms in total. The maximum Gasteiger partial charge on any atom is 0.335 e. The van der Waals surface area contributed by atoms with E-state index < -0.39 is 17.7 Å². The van der Waals surface area contributed by atoms with E-state index in [2.05, 4.69) is 10.4 Å². The molecule has 0 saturated heterocycles. The van der Waals surface area contributed by atoms with Crippen LogP contribution in [0.2, 0.25) is 0 Å². The smallest absolute Gasteiger partial charge is 0.335 e. The number of hydrogen-bond acceptors (Lipinski definition) is 3. The highest BCUT2D eigenvalue weighted by molar-refractivity contribution is 5.96. The molecule has 2 rings (SSSR count). The number of benzene rings is 1. The van der Waals surface area contributed by atoms with Gasteiger partial charge in [0.15, 0.2) is 0 Å². The third-order valence-electron chi connectivity index (χ3n) is 3.15. The average molecular weight is 305 g/mol. The molecule has 0 unspecified atom stereocenters. The molecule has 1 heterocycles. The van der Waals surface area contributed by atoms with Crippen LogP contribution >= 0.6 is 0 Å². The van der Waals surface area contributed by atoms with Crippen LogP contribution in [0.15, 0.2) is 30.6 Å². The number of carboxylic acid groups (broad SMARTS) is 1. The molecule has 22 heavy (non-hydrogen) atoms. The van der Waals surface area contributed by atoms with Gasteiger partial charge < -0.3 is 10.4 Å². The summed E-state index contributed by atoms with van der Waals surface area (Å²) in [5.41, 5.74) is 0.714. The molecule has 0 atom stereocenters. The summed E-state index contributed by atoms with van der Waals surface area (Å²) < 4.78 is 15.4. The van der Waals surface area contributed by atoms with Gasteiger partial charge in [-0.1, -0.05) is 0 Å². The lowest BCUT2D eigenvalue weighted by Crippen LogP contribution is -2.25. The zero-order chi connectivity index (χ0) is 16.1. The van der Waals surface area contributed by atoms with E-state index in [1.165, 1.54) is 12.1 Å². The molecule has 1 amide bonds. The Morgan fingerprint density at radius 1 is 1.41 bits per heavy atom. The highest BCUT2D eigenvalue weighted by Gasteiger charge is 2.14. The summed E-state index contributed by atoms with van der Waals surface area (Å²) in [5, 5.41) is 15.4. The average Bonchev–Trinajstić information content (AvgIpc) is 2.88. The number of aromatic carboxylic acids is 1. The van der Waals surface area contributed by atoms with Crippen molar-refractivity contribution in [2.45, 2.75) is 12.8 Å². The Morgan fingerprint density at radius 2 is 2.18 bits per heavy atom. The van der Waals surface area contributed by atoms with Crippen molar-refractivity contribution < 1.29 is 19.1 Å². The Kier molecular flexibility index (Phi) is 4.88. The van der Waals surface area contributed by atoms with Crippen LogP contribution in [0.3, 0.4) is 0 Å². The number of halogens is 1. The summed E-state index contributed by atoms with van der Waals surface area (Å²) in [4.78, 5) is 22.6. The molecule has 0 bridgehead atoms. The van der Waals surface area contributed by atoms with Gasteiger partial charge in [0.2, 0.25) is 0 Å². The minimum atomic E-state index is -1.23. The zero-order valence-electron chi connectivity index (χ0n) is 12.0. The second kappa shape index (κ2) is 6.84. The number of hydrogen-bond donors (Lipinski definition) is 2. The van der Waals surface area contributed by atoms with Gasteiger partial charge in [-0.3, -0.25) is 9.48 Å². The maximum atomic E-state index is 13.7. The lowest BCUT2D eigenvalue weighted by atomic mass is 10.1. The first-order valence-electron chi connectivity index (χ1n) is 6.76. The molecule has 0 aliphatic carbocycles. The first-order chi connectivity index (χ1) is 10.5. The van der Waals surface area contributed by atoms with Crippen LogP contribution in [0, 0.1) is 5.82 Å². The number of carbonyl (C=O) groups excluding carboxylic acids is 1. The summed E-state index contributed by atoms with van der Waals surface area (Å²) in [5.74, 6) is -2.63. The predicted molar refractivity (Wildman–Crippen MR) is 77.2 cm³/mol. The second-order valence-corrected chi connectivity index (χ2v) is 4.88. The summed E-state index contributed by atoms with van der Waals surface area (Å²) in [6.07, 6.45) is 5.11. The van der Waals surface area contributed by atoms with E-state index in [4.69, 9.17) is 5.11 Å². The van der Waals surface area contributed by atoms with Crippen LogP contribution in [-0.2, 0) is 13.5 Å². The van der Waals surface area contributed by atoms with Crippen molar-refractivity contribution in [1.29, 1.82) is 0 Å². The van der Waals surface area contributed by atoms with Crippen LogP contribution in [-0.4, -0.2) is 33.3 Å². The topological polar surface area (TPSA) is 84.2 Å². The van der Waals surface area contributed by atoms with Crippen LogP contribution in [0.5, 0.6) is 0 Å². The van der Waals surface area contributed by atoms with Gasteiger partial charge in [-0.05, 0) is 36.6 Å². The molecule has 1 aromatic heterocycles. The quantitative estimate of drug-likeness (QED) is 0.794. The summed E-state index contributed by atoms with van der Waals surface area (Å²) in [7, 11) is 1.83. The van der Waals surface area contributed by atoms with Crippen LogP contribution < -0.4 is 5.32 Å². The molecular weight excluding hydrogens is 289 g/mol. The van der Waals surface area contributed by atoms with E-state index in [0.717, 1.165) is 18.1 Å². The van der Waals surface area contributed by atoms with Crippen LogP contribution in [0.1, 0.15) is 32.7 Å². The minimum absolute atomic E-state index is 0.161. The van der Waals surface area contributed by atoms with Crippen molar-refractivity contribution >= 4 is 11.9 Å². The zero-order valence-corrected chi connectivity index (χ0v) is 12.0. The fraction of sp³-hybridized carbons (Fsp3) is 0.267. The molecule has 0 spiro atoms. The first-order valence-corrected chi connectivity index (χ1v) is 6.76. The van der Waals surface area contributed by atoms with Gasteiger partial charge in [-0.15, -0.1) is 0 Å². The molecule has 0 radical (unpaired) electrons.